The number of hydrazine groups is 1. The number of H-pyrrole nitrogens is 1. The SMILES string of the molecule is Cc1[nH]nc(-c2ccc(OCCC(C)C)c(Br)c2)c1C(=O)NN. The predicted octanol–water partition coefficient (Wildman–Crippen LogP) is 3.18. The van der Waals surface area contributed by atoms with Gasteiger partial charge in [0.15, 0.2) is 0 Å². The molecule has 0 fully saturated rings. The summed E-state index contributed by atoms with van der Waals surface area (Å²) >= 11 is 3.51. The predicted molar refractivity (Wildman–Crippen MR) is 93.1 cm³/mol. The molecule has 23 heavy (non-hydrogen) atoms. The number of amides is 1. The summed E-state index contributed by atoms with van der Waals surface area (Å²) in [5.41, 5.74) is 4.61. The second-order valence-electron chi connectivity index (χ2n) is 5.72. The lowest BCUT2D eigenvalue weighted by molar-refractivity contribution is 0.0954. The monoisotopic (exact) mass is 380 g/mol. The Bertz CT molecular complexity index is 697. The van der Waals surface area contributed by atoms with Crippen molar-refractivity contribution in [1.29, 1.82) is 0 Å². The van der Waals surface area contributed by atoms with Crippen LogP contribution in [0.3, 0.4) is 0 Å². The maximum Gasteiger partial charge on any atom is 0.269 e. The fourth-order valence-corrected chi connectivity index (χ4v) is 2.65. The van der Waals surface area contributed by atoms with Gasteiger partial charge in [0.25, 0.3) is 5.91 Å². The first-order valence-electron chi connectivity index (χ1n) is 7.42. The highest BCUT2D eigenvalue weighted by Gasteiger charge is 2.19. The molecule has 0 saturated heterocycles. The molecule has 0 unspecified atom stereocenters. The number of nitrogens with two attached hydrogens (primary N) is 1. The number of hydrogen-bond acceptors (Lipinski definition) is 4. The van der Waals surface area contributed by atoms with Crippen LogP contribution < -0.4 is 16.0 Å². The molecule has 1 aromatic heterocycles. The van der Waals surface area contributed by atoms with E-state index in [0.717, 1.165) is 22.2 Å². The Hall–Kier alpha value is -1.86. The molecule has 0 saturated carbocycles. The van der Waals surface area contributed by atoms with Crippen LogP contribution in [0.15, 0.2) is 22.7 Å². The number of benzene rings is 1. The third-order valence-electron chi connectivity index (χ3n) is 3.46. The minimum Gasteiger partial charge on any atom is -0.492 e. The summed E-state index contributed by atoms with van der Waals surface area (Å²) in [6.07, 6.45) is 0.994. The Morgan fingerprint density at radius 3 is 2.83 bits per heavy atom. The van der Waals surface area contributed by atoms with Gasteiger partial charge in [0, 0.05) is 11.3 Å². The van der Waals surface area contributed by atoms with Crippen LogP contribution in [0.5, 0.6) is 5.75 Å². The van der Waals surface area contributed by atoms with Gasteiger partial charge in [-0.25, -0.2) is 5.84 Å². The molecule has 7 heteroatoms. The van der Waals surface area contributed by atoms with Crippen molar-refractivity contribution in [1.82, 2.24) is 15.6 Å². The van der Waals surface area contributed by atoms with E-state index in [-0.39, 0.29) is 5.91 Å². The van der Waals surface area contributed by atoms with E-state index in [1.165, 1.54) is 0 Å². The second kappa shape index (κ2) is 7.61. The normalized spacial score (nSPS) is 10.9. The molecular weight excluding hydrogens is 360 g/mol. The number of rotatable bonds is 6. The zero-order chi connectivity index (χ0) is 17.0. The first kappa shape index (κ1) is 17.5. The van der Waals surface area contributed by atoms with Crippen LogP contribution in [-0.4, -0.2) is 22.7 Å². The number of halogens is 1. The Balaban J connectivity index is 2.26. The van der Waals surface area contributed by atoms with E-state index in [1.807, 2.05) is 18.2 Å². The standard InChI is InChI=1S/C16H21BrN4O2/c1-9(2)6-7-23-13-5-4-11(8-12(13)17)15-14(16(22)19-18)10(3)20-21-15/h4-5,8-9H,6-7,18H2,1-3H3,(H,19,22)(H,20,21). The molecule has 124 valence electrons. The van der Waals surface area contributed by atoms with Crippen LogP contribution in [0.2, 0.25) is 0 Å². The summed E-state index contributed by atoms with van der Waals surface area (Å²) in [7, 11) is 0. The van der Waals surface area contributed by atoms with Gasteiger partial charge in [-0.2, -0.15) is 5.10 Å². The fourth-order valence-electron chi connectivity index (χ4n) is 2.16. The molecule has 1 heterocycles. The number of nitrogens with zero attached hydrogens (tertiary/aromatic N) is 1. The molecule has 4 N–H and O–H groups in total. The highest BCUT2D eigenvalue weighted by atomic mass is 79.9. The van der Waals surface area contributed by atoms with Crippen molar-refractivity contribution < 1.29 is 9.53 Å². The third-order valence-corrected chi connectivity index (χ3v) is 4.08. The van der Waals surface area contributed by atoms with Gasteiger partial charge in [-0.3, -0.25) is 15.3 Å². The molecule has 0 spiro atoms. The first-order chi connectivity index (χ1) is 10.9. The molecule has 2 rings (SSSR count). The minimum absolute atomic E-state index is 0.375. The molecule has 2 aromatic rings. The Labute approximate surface area is 143 Å². The molecule has 0 bridgehead atoms. The molecule has 6 nitrogen and oxygen atoms in total. The van der Waals surface area contributed by atoms with Crippen LogP contribution in [0.4, 0.5) is 0 Å². The molecule has 0 atom stereocenters. The highest BCUT2D eigenvalue weighted by Crippen LogP contribution is 2.32. The lowest BCUT2D eigenvalue weighted by Crippen LogP contribution is -2.30. The second-order valence-corrected chi connectivity index (χ2v) is 6.58. The number of carbonyl (C=O) groups is 1. The summed E-state index contributed by atoms with van der Waals surface area (Å²) in [6.45, 7) is 6.76. The Kier molecular flexibility index (Phi) is 5.79. The van der Waals surface area contributed by atoms with Gasteiger partial charge in [0.05, 0.1) is 16.6 Å². The van der Waals surface area contributed by atoms with Gasteiger partial charge in [-0.05, 0) is 53.4 Å². The Morgan fingerprint density at radius 1 is 1.48 bits per heavy atom. The summed E-state index contributed by atoms with van der Waals surface area (Å²) < 4.78 is 6.59. The molecule has 0 aliphatic carbocycles. The van der Waals surface area contributed by atoms with Crippen LogP contribution in [0, 0.1) is 12.8 Å². The summed E-state index contributed by atoms with van der Waals surface area (Å²) in [5.74, 6) is 6.23. The van der Waals surface area contributed by atoms with Crippen molar-refractivity contribution in [3.63, 3.8) is 0 Å². The Morgan fingerprint density at radius 2 is 2.22 bits per heavy atom. The maximum absolute atomic E-state index is 11.9. The lowest BCUT2D eigenvalue weighted by Gasteiger charge is -2.11. The van der Waals surface area contributed by atoms with E-state index in [4.69, 9.17) is 10.6 Å². The zero-order valence-electron chi connectivity index (χ0n) is 13.4. The van der Waals surface area contributed by atoms with E-state index in [9.17, 15) is 4.79 Å². The molecule has 1 amide bonds. The number of aromatic nitrogens is 2. The van der Waals surface area contributed by atoms with Crippen molar-refractivity contribution in [2.75, 3.05) is 6.61 Å². The van der Waals surface area contributed by atoms with Crippen molar-refractivity contribution in [2.45, 2.75) is 27.2 Å². The molecule has 0 radical (unpaired) electrons. The van der Waals surface area contributed by atoms with E-state index in [0.29, 0.717) is 29.5 Å². The van der Waals surface area contributed by atoms with Crippen molar-refractivity contribution in [3.05, 3.63) is 33.9 Å². The van der Waals surface area contributed by atoms with Crippen molar-refractivity contribution in [3.8, 4) is 17.0 Å². The number of carbonyl (C=O) groups excluding carboxylic acids is 1. The van der Waals surface area contributed by atoms with Gasteiger partial charge < -0.3 is 4.74 Å². The van der Waals surface area contributed by atoms with Gasteiger partial charge in [-0.15, -0.1) is 0 Å². The van der Waals surface area contributed by atoms with Crippen LogP contribution >= 0.6 is 15.9 Å². The van der Waals surface area contributed by atoms with Crippen LogP contribution in [0.1, 0.15) is 36.3 Å². The van der Waals surface area contributed by atoms with Crippen LogP contribution in [-0.2, 0) is 0 Å². The van der Waals surface area contributed by atoms with Gasteiger partial charge in [-0.1, -0.05) is 13.8 Å². The van der Waals surface area contributed by atoms with Crippen molar-refractivity contribution >= 4 is 21.8 Å². The number of aromatic amines is 1. The molecular formula is C16H21BrN4O2. The van der Waals surface area contributed by atoms with E-state index in [1.54, 1.807) is 6.92 Å². The molecule has 1 aromatic carbocycles. The average molecular weight is 381 g/mol. The van der Waals surface area contributed by atoms with Gasteiger partial charge >= 0.3 is 0 Å². The summed E-state index contributed by atoms with van der Waals surface area (Å²) in [5, 5.41) is 7.03. The zero-order valence-corrected chi connectivity index (χ0v) is 15.0. The quantitative estimate of drug-likeness (QED) is 0.407. The number of ether oxygens (including phenoxy) is 1. The smallest absolute Gasteiger partial charge is 0.269 e. The lowest BCUT2D eigenvalue weighted by atomic mass is 10.1. The molecule has 0 aliphatic heterocycles. The average Bonchev–Trinajstić information content (AvgIpc) is 2.89. The van der Waals surface area contributed by atoms with E-state index < -0.39 is 0 Å². The molecule has 0 aliphatic rings. The minimum atomic E-state index is -0.375. The van der Waals surface area contributed by atoms with E-state index in [2.05, 4.69) is 45.4 Å². The highest BCUT2D eigenvalue weighted by molar-refractivity contribution is 9.10. The van der Waals surface area contributed by atoms with Crippen molar-refractivity contribution in [2.24, 2.45) is 11.8 Å². The van der Waals surface area contributed by atoms with Crippen LogP contribution in [0.25, 0.3) is 11.3 Å². The topological polar surface area (TPSA) is 93.0 Å². The number of nitrogens with one attached hydrogen (secondary N) is 2. The van der Waals surface area contributed by atoms with E-state index >= 15 is 0 Å². The first-order valence-corrected chi connectivity index (χ1v) is 8.22. The van der Waals surface area contributed by atoms with Gasteiger partial charge in [0.2, 0.25) is 0 Å². The number of aryl methyl sites for hydroxylation is 1. The largest absolute Gasteiger partial charge is 0.492 e. The summed E-state index contributed by atoms with van der Waals surface area (Å²) in [6, 6.07) is 5.62. The third kappa shape index (κ3) is 4.11. The maximum atomic E-state index is 11.9. The number of hydrogen-bond donors (Lipinski definition) is 3. The fraction of sp³-hybridized carbons (Fsp3) is 0.375. The van der Waals surface area contributed by atoms with Gasteiger partial charge in [0.1, 0.15) is 11.4 Å². The summed E-state index contributed by atoms with van der Waals surface area (Å²) in [4.78, 5) is 11.9. The number of nitrogen functional groups attached to an aromatic ring is 1.